The average Bonchev–Trinajstić information content (AvgIpc) is 2.86. The maximum atomic E-state index is 11.9. The molecule has 1 heterocycles. The Kier molecular flexibility index (Phi) is 3.42. The van der Waals surface area contributed by atoms with Crippen LogP contribution in [0.5, 0.6) is 0 Å². The Balaban J connectivity index is 2.04. The van der Waals surface area contributed by atoms with Crippen LogP contribution in [0.3, 0.4) is 0 Å². The molecule has 2 N–H and O–H groups in total. The molecule has 2 atom stereocenters. The topological polar surface area (TPSA) is 79.3 Å². The minimum atomic E-state index is -0.826. The molecule has 0 saturated heterocycles. The molecule has 1 fully saturated rings. The lowest BCUT2D eigenvalue weighted by atomic mass is 10.0. The van der Waals surface area contributed by atoms with Gasteiger partial charge in [-0.2, -0.15) is 4.37 Å². The van der Waals surface area contributed by atoms with Gasteiger partial charge in [-0.3, -0.25) is 9.59 Å². The SMILES string of the molecule is Cc1nscc1C(=O)N[C@@H]1CCC[C@@H]1C(=O)O. The van der Waals surface area contributed by atoms with Gasteiger partial charge in [-0.25, -0.2) is 0 Å². The Morgan fingerprint density at radius 1 is 1.53 bits per heavy atom. The van der Waals surface area contributed by atoms with E-state index in [0.29, 0.717) is 17.7 Å². The number of aryl methyl sites for hydroxylation is 1. The summed E-state index contributed by atoms with van der Waals surface area (Å²) in [6.45, 7) is 1.77. The predicted octanol–water partition coefficient (Wildman–Crippen LogP) is 1.43. The Hall–Kier alpha value is -1.43. The standard InChI is InChI=1S/C11H14N2O3S/c1-6-8(5-17-13-6)10(14)12-9-4-2-3-7(9)11(15)16/h5,7,9H,2-4H2,1H3,(H,12,14)(H,15,16)/t7-,9+/m0/s1. The van der Waals surface area contributed by atoms with Crippen LogP contribution in [0.2, 0.25) is 0 Å². The summed E-state index contributed by atoms with van der Waals surface area (Å²) >= 11 is 1.23. The quantitative estimate of drug-likeness (QED) is 0.855. The molecule has 0 aromatic carbocycles. The fourth-order valence-corrected chi connectivity index (χ4v) is 2.88. The third-order valence-corrected chi connectivity index (χ3v) is 3.86. The van der Waals surface area contributed by atoms with E-state index in [1.54, 1.807) is 12.3 Å². The van der Waals surface area contributed by atoms with Gasteiger partial charge in [0.25, 0.3) is 5.91 Å². The van der Waals surface area contributed by atoms with E-state index in [9.17, 15) is 9.59 Å². The zero-order valence-corrected chi connectivity index (χ0v) is 10.3. The van der Waals surface area contributed by atoms with Crippen molar-refractivity contribution in [3.05, 3.63) is 16.6 Å². The molecule has 1 aromatic rings. The fourth-order valence-electron chi connectivity index (χ4n) is 2.18. The second-order valence-electron chi connectivity index (χ2n) is 4.27. The van der Waals surface area contributed by atoms with Gasteiger partial charge in [-0.15, -0.1) is 0 Å². The molecular weight excluding hydrogens is 240 g/mol. The zero-order chi connectivity index (χ0) is 12.4. The summed E-state index contributed by atoms with van der Waals surface area (Å²) in [4.78, 5) is 22.9. The van der Waals surface area contributed by atoms with Crippen LogP contribution >= 0.6 is 11.5 Å². The van der Waals surface area contributed by atoms with Gasteiger partial charge in [0.2, 0.25) is 0 Å². The summed E-state index contributed by atoms with van der Waals surface area (Å²) in [7, 11) is 0. The lowest BCUT2D eigenvalue weighted by Crippen LogP contribution is -2.40. The van der Waals surface area contributed by atoms with Gasteiger partial charge in [0, 0.05) is 11.4 Å². The monoisotopic (exact) mass is 254 g/mol. The maximum Gasteiger partial charge on any atom is 0.308 e. The van der Waals surface area contributed by atoms with Crippen molar-refractivity contribution in [3.8, 4) is 0 Å². The number of nitrogens with zero attached hydrogens (tertiary/aromatic N) is 1. The zero-order valence-electron chi connectivity index (χ0n) is 9.47. The molecular formula is C11H14N2O3S. The molecule has 0 spiro atoms. The van der Waals surface area contributed by atoms with Crippen molar-refractivity contribution in [2.24, 2.45) is 5.92 Å². The summed E-state index contributed by atoms with van der Waals surface area (Å²) in [6.07, 6.45) is 2.23. The number of carboxylic acids is 1. The molecule has 1 saturated carbocycles. The number of carbonyl (C=O) groups excluding carboxylic acids is 1. The van der Waals surface area contributed by atoms with E-state index in [1.165, 1.54) is 11.5 Å². The second kappa shape index (κ2) is 4.83. The first-order valence-electron chi connectivity index (χ1n) is 5.54. The van der Waals surface area contributed by atoms with E-state index >= 15 is 0 Å². The van der Waals surface area contributed by atoms with Gasteiger partial charge in [-0.05, 0) is 31.3 Å². The molecule has 1 aromatic heterocycles. The predicted molar refractivity (Wildman–Crippen MR) is 63.1 cm³/mol. The number of hydrogen-bond donors (Lipinski definition) is 2. The van der Waals surface area contributed by atoms with E-state index in [1.807, 2.05) is 0 Å². The smallest absolute Gasteiger partial charge is 0.308 e. The van der Waals surface area contributed by atoms with Gasteiger partial charge >= 0.3 is 5.97 Å². The lowest BCUT2D eigenvalue weighted by Gasteiger charge is -2.17. The van der Waals surface area contributed by atoms with Crippen LogP contribution in [0.4, 0.5) is 0 Å². The first-order chi connectivity index (χ1) is 8.09. The van der Waals surface area contributed by atoms with Crippen LogP contribution in [0, 0.1) is 12.8 Å². The molecule has 6 heteroatoms. The molecule has 0 bridgehead atoms. The van der Waals surface area contributed by atoms with Crippen LogP contribution in [-0.2, 0) is 4.79 Å². The summed E-state index contributed by atoms with van der Waals surface area (Å²) in [5.74, 6) is -1.49. The molecule has 1 amide bonds. The van der Waals surface area contributed by atoms with Crippen LogP contribution in [-0.4, -0.2) is 27.4 Å². The number of aliphatic carboxylic acids is 1. The van der Waals surface area contributed by atoms with Crippen molar-refractivity contribution in [1.82, 2.24) is 9.69 Å². The molecule has 0 aliphatic heterocycles. The van der Waals surface area contributed by atoms with Crippen molar-refractivity contribution >= 4 is 23.4 Å². The maximum absolute atomic E-state index is 11.9. The molecule has 1 aliphatic carbocycles. The van der Waals surface area contributed by atoms with E-state index in [4.69, 9.17) is 5.11 Å². The molecule has 1 aliphatic rings. The van der Waals surface area contributed by atoms with Crippen LogP contribution < -0.4 is 5.32 Å². The number of hydrogen-bond acceptors (Lipinski definition) is 4. The minimum absolute atomic E-state index is 0.214. The van der Waals surface area contributed by atoms with Crippen molar-refractivity contribution < 1.29 is 14.7 Å². The van der Waals surface area contributed by atoms with Gasteiger partial charge in [0.05, 0.1) is 17.2 Å². The number of aromatic nitrogens is 1. The van der Waals surface area contributed by atoms with Crippen molar-refractivity contribution in [3.63, 3.8) is 0 Å². The second-order valence-corrected chi connectivity index (χ2v) is 4.90. The van der Waals surface area contributed by atoms with E-state index in [0.717, 1.165) is 12.8 Å². The highest BCUT2D eigenvalue weighted by Gasteiger charge is 2.34. The highest BCUT2D eigenvalue weighted by molar-refractivity contribution is 7.03. The molecule has 17 heavy (non-hydrogen) atoms. The Labute approximate surface area is 103 Å². The molecule has 0 radical (unpaired) electrons. The van der Waals surface area contributed by atoms with E-state index in [2.05, 4.69) is 9.69 Å². The Bertz CT molecular complexity index is 444. The number of carboxylic acid groups (broad SMARTS) is 1. The molecule has 2 rings (SSSR count). The average molecular weight is 254 g/mol. The third-order valence-electron chi connectivity index (χ3n) is 3.14. The molecule has 92 valence electrons. The summed E-state index contributed by atoms with van der Waals surface area (Å²) in [5, 5.41) is 13.5. The largest absolute Gasteiger partial charge is 0.481 e. The van der Waals surface area contributed by atoms with Crippen LogP contribution in [0.15, 0.2) is 5.38 Å². The number of amides is 1. The first kappa shape index (κ1) is 12.0. The van der Waals surface area contributed by atoms with Crippen LogP contribution in [0.1, 0.15) is 35.3 Å². The normalized spacial score (nSPS) is 23.6. The fraction of sp³-hybridized carbons (Fsp3) is 0.545. The van der Waals surface area contributed by atoms with Gasteiger partial charge in [-0.1, -0.05) is 6.42 Å². The number of carbonyl (C=O) groups is 2. The minimum Gasteiger partial charge on any atom is -0.481 e. The highest BCUT2D eigenvalue weighted by Crippen LogP contribution is 2.26. The van der Waals surface area contributed by atoms with Gasteiger partial charge in [0.1, 0.15) is 0 Å². The van der Waals surface area contributed by atoms with Gasteiger partial charge < -0.3 is 10.4 Å². The Morgan fingerprint density at radius 3 is 2.88 bits per heavy atom. The number of rotatable bonds is 3. The van der Waals surface area contributed by atoms with Crippen molar-refractivity contribution in [2.75, 3.05) is 0 Å². The molecule has 0 unspecified atom stereocenters. The van der Waals surface area contributed by atoms with Crippen molar-refractivity contribution in [1.29, 1.82) is 0 Å². The summed E-state index contributed by atoms with van der Waals surface area (Å²) < 4.78 is 4.03. The van der Waals surface area contributed by atoms with E-state index in [-0.39, 0.29) is 11.9 Å². The Morgan fingerprint density at radius 2 is 2.29 bits per heavy atom. The highest BCUT2D eigenvalue weighted by atomic mass is 32.1. The van der Waals surface area contributed by atoms with Gasteiger partial charge in [0.15, 0.2) is 0 Å². The first-order valence-corrected chi connectivity index (χ1v) is 6.38. The molecule has 5 nitrogen and oxygen atoms in total. The third kappa shape index (κ3) is 2.46. The van der Waals surface area contributed by atoms with Crippen molar-refractivity contribution in [2.45, 2.75) is 32.2 Å². The summed E-state index contributed by atoms with van der Waals surface area (Å²) in [6, 6.07) is -0.251. The number of nitrogens with one attached hydrogen (secondary N) is 1. The lowest BCUT2D eigenvalue weighted by molar-refractivity contribution is -0.142. The van der Waals surface area contributed by atoms with E-state index < -0.39 is 11.9 Å². The summed E-state index contributed by atoms with van der Waals surface area (Å²) in [5.41, 5.74) is 1.24. The van der Waals surface area contributed by atoms with Crippen LogP contribution in [0.25, 0.3) is 0 Å².